The lowest BCUT2D eigenvalue weighted by Gasteiger charge is -2.09. The van der Waals surface area contributed by atoms with Crippen molar-refractivity contribution in [1.82, 2.24) is 10.3 Å². The maximum atomic E-state index is 12.0. The Balaban J connectivity index is 1.54. The molecular weight excluding hydrogens is 312 g/mol. The SMILES string of the molecule is COc1ccc(-c2nc(CC(=O)NC[C@H]3CCCO3)cs2)cc1. The molecule has 0 aliphatic carbocycles. The standard InChI is InChI=1S/C17H20N2O3S/c1-21-14-6-4-12(5-7-14)17-19-13(11-23-17)9-16(20)18-10-15-3-2-8-22-15/h4-7,11,15H,2-3,8-10H2,1H3,(H,18,20)/t15-/m1/s1. The number of nitrogens with zero attached hydrogens (tertiary/aromatic N) is 1. The van der Waals surface area contributed by atoms with Gasteiger partial charge in [-0.05, 0) is 37.1 Å². The van der Waals surface area contributed by atoms with Gasteiger partial charge in [0.05, 0.1) is 25.3 Å². The first kappa shape index (κ1) is 16.0. The van der Waals surface area contributed by atoms with Crippen molar-refractivity contribution in [2.45, 2.75) is 25.4 Å². The molecule has 1 aliphatic rings. The van der Waals surface area contributed by atoms with E-state index in [1.807, 2.05) is 29.6 Å². The molecule has 1 saturated heterocycles. The Labute approximate surface area is 139 Å². The van der Waals surface area contributed by atoms with E-state index in [-0.39, 0.29) is 12.0 Å². The summed E-state index contributed by atoms with van der Waals surface area (Å²) in [6.45, 7) is 1.39. The van der Waals surface area contributed by atoms with E-state index in [1.54, 1.807) is 18.4 Å². The first-order valence-electron chi connectivity index (χ1n) is 7.72. The Hall–Kier alpha value is -1.92. The number of nitrogens with one attached hydrogen (secondary N) is 1. The molecule has 1 atom stereocenters. The molecule has 1 aromatic heterocycles. The van der Waals surface area contributed by atoms with Crippen LogP contribution in [0.2, 0.25) is 0 Å². The molecular formula is C17H20N2O3S. The van der Waals surface area contributed by atoms with Crippen molar-refractivity contribution in [3.63, 3.8) is 0 Å². The zero-order valence-corrected chi connectivity index (χ0v) is 13.9. The maximum absolute atomic E-state index is 12.0. The summed E-state index contributed by atoms with van der Waals surface area (Å²) in [6, 6.07) is 7.76. The van der Waals surface area contributed by atoms with Crippen molar-refractivity contribution < 1.29 is 14.3 Å². The molecule has 1 amide bonds. The number of benzene rings is 1. The first-order valence-corrected chi connectivity index (χ1v) is 8.59. The molecule has 1 aliphatic heterocycles. The van der Waals surface area contributed by atoms with Crippen molar-refractivity contribution in [3.05, 3.63) is 35.3 Å². The van der Waals surface area contributed by atoms with Crippen LogP contribution in [0.25, 0.3) is 10.6 Å². The molecule has 0 radical (unpaired) electrons. The number of hydrogen-bond acceptors (Lipinski definition) is 5. The van der Waals surface area contributed by atoms with Gasteiger partial charge in [0.25, 0.3) is 0 Å². The second kappa shape index (κ2) is 7.57. The van der Waals surface area contributed by atoms with Gasteiger partial charge in [0.15, 0.2) is 0 Å². The molecule has 0 spiro atoms. The number of carbonyl (C=O) groups is 1. The number of rotatable bonds is 6. The van der Waals surface area contributed by atoms with Gasteiger partial charge in [-0.1, -0.05) is 0 Å². The molecule has 122 valence electrons. The fourth-order valence-corrected chi connectivity index (χ4v) is 3.34. The molecule has 23 heavy (non-hydrogen) atoms. The van der Waals surface area contributed by atoms with E-state index >= 15 is 0 Å². The van der Waals surface area contributed by atoms with E-state index in [0.29, 0.717) is 13.0 Å². The molecule has 0 unspecified atom stereocenters. The van der Waals surface area contributed by atoms with Gasteiger partial charge >= 0.3 is 0 Å². The normalized spacial score (nSPS) is 17.2. The lowest BCUT2D eigenvalue weighted by molar-refractivity contribution is -0.121. The molecule has 6 heteroatoms. The Kier molecular flexibility index (Phi) is 5.25. The van der Waals surface area contributed by atoms with E-state index in [1.165, 1.54) is 0 Å². The summed E-state index contributed by atoms with van der Waals surface area (Å²) in [6.07, 6.45) is 2.58. The van der Waals surface area contributed by atoms with Crippen molar-refractivity contribution >= 4 is 17.2 Å². The molecule has 1 aromatic carbocycles. The number of thiazole rings is 1. The molecule has 2 heterocycles. The summed E-state index contributed by atoms with van der Waals surface area (Å²) in [4.78, 5) is 16.5. The van der Waals surface area contributed by atoms with Crippen LogP contribution >= 0.6 is 11.3 Å². The third kappa shape index (κ3) is 4.30. The number of hydrogen-bond donors (Lipinski definition) is 1. The van der Waals surface area contributed by atoms with Crippen LogP contribution < -0.4 is 10.1 Å². The number of ether oxygens (including phenoxy) is 2. The summed E-state index contributed by atoms with van der Waals surface area (Å²) < 4.78 is 10.6. The number of methoxy groups -OCH3 is 1. The van der Waals surface area contributed by atoms with Crippen LogP contribution in [-0.4, -0.2) is 37.3 Å². The highest BCUT2D eigenvalue weighted by Crippen LogP contribution is 2.25. The van der Waals surface area contributed by atoms with Gasteiger partial charge < -0.3 is 14.8 Å². The van der Waals surface area contributed by atoms with Crippen LogP contribution in [0.3, 0.4) is 0 Å². The molecule has 3 rings (SSSR count). The average molecular weight is 332 g/mol. The van der Waals surface area contributed by atoms with E-state index in [2.05, 4.69) is 10.3 Å². The van der Waals surface area contributed by atoms with Crippen LogP contribution in [0.5, 0.6) is 5.75 Å². The zero-order valence-electron chi connectivity index (χ0n) is 13.1. The van der Waals surface area contributed by atoms with E-state index in [9.17, 15) is 4.79 Å². The van der Waals surface area contributed by atoms with Crippen molar-refractivity contribution in [3.8, 4) is 16.3 Å². The fraction of sp³-hybridized carbons (Fsp3) is 0.412. The Morgan fingerprint density at radius 1 is 1.43 bits per heavy atom. The fourth-order valence-electron chi connectivity index (χ4n) is 2.51. The lowest BCUT2D eigenvalue weighted by atomic mass is 10.2. The predicted octanol–water partition coefficient (Wildman–Crippen LogP) is 2.66. The molecule has 2 aromatic rings. The van der Waals surface area contributed by atoms with E-state index in [0.717, 1.165) is 41.5 Å². The summed E-state index contributed by atoms with van der Waals surface area (Å²) in [7, 11) is 1.64. The highest BCUT2D eigenvalue weighted by Gasteiger charge is 2.16. The minimum absolute atomic E-state index is 0.00733. The molecule has 1 fully saturated rings. The first-order chi connectivity index (χ1) is 11.2. The van der Waals surface area contributed by atoms with Gasteiger partial charge in [-0.2, -0.15) is 0 Å². The third-order valence-corrected chi connectivity index (χ3v) is 4.72. The van der Waals surface area contributed by atoms with Gasteiger partial charge in [-0.3, -0.25) is 4.79 Å². The molecule has 0 saturated carbocycles. The van der Waals surface area contributed by atoms with E-state index in [4.69, 9.17) is 9.47 Å². The largest absolute Gasteiger partial charge is 0.497 e. The zero-order chi connectivity index (χ0) is 16.1. The predicted molar refractivity (Wildman–Crippen MR) is 89.8 cm³/mol. The molecule has 0 bridgehead atoms. The van der Waals surface area contributed by atoms with Crippen LogP contribution in [0.15, 0.2) is 29.6 Å². The lowest BCUT2D eigenvalue weighted by Crippen LogP contribution is -2.32. The second-order valence-corrected chi connectivity index (χ2v) is 6.35. The second-order valence-electron chi connectivity index (χ2n) is 5.49. The summed E-state index contributed by atoms with van der Waals surface area (Å²) in [5.41, 5.74) is 1.83. The average Bonchev–Trinajstić information content (AvgIpc) is 3.25. The number of aromatic nitrogens is 1. The smallest absolute Gasteiger partial charge is 0.226 e. The number of amides is 1. The van der Waals surface area contributed by atoms with Crippen LogP contribution in [0.1, 0.15) is 18.5 Å². The monoisotopic (exact) mass is 332 g/mol. The summed E-state index contributed by atoms with van der Waals surface area (Å²) in [5, 5.41) is 5.77. The number of carbonyl (C=O) groups excluding carboxylic acids is 1. The van der Waals surface area contributed by atoms with Gasteiger partial charge in [0.1, 0.15) is 10.8 Å². The summed E-state index contributed by atoms with van der Waals surface area (Å²) in [5.74, 6) is 0.811. The Morgan fingerprint density at radius 2 is 2.26 bits per heavy atom. The van der Waals surface area contributed by atoms with Gasteiger partial charge in [-0.15, -0.1) is 11.3 Å². The summed E-state index contributed by atoms with van der Waals surface area (Å²) >= 11 is 1.54. The van der Waals surface area contributed by atoms with E-state index < -0.39 is 0 Å². The third-order valence-electron chi connectivity index (χ3n) is 3.78. The Bertz CT molecular complexity index is 648. The molecule has 5 nitrogen and oxygen atoms in total. The van der Waals surface area contributed by atoms with Crippen LogP contribution in [0.4, 0.5) is 0 Å². The van der Waals surface area contributed by atoms with Gasteiger partial charge in [0.2, 0.25) is 5.91 Å². The maximum Gasteiger partial charge on any atom is 0.226 e. The van der Waals surface area contributed by atoms with Gasteiger partial charge in [-0.25, -0.2) is 4.98 Å². The van der Waals surface area contributed by atoms with Crippen molar-refractivity contribution in [2.75, 3.05) is 20.3 Å². The minimum Gasteiger partial charge on any atom is -0.497 e. The molecule has 1 N–H and O–H groups in total. The quantitative estimate of drug-likeness (QED) is 0.883. The van der Waals surface area contributed by atoms with Crippen molar-refractivity contribution in [1.29, 1.82) is 0 Å². The van der Waals surface area contributed by atoms with Crippen LogP contribution in [0, 0.1) is 0 Å². The van der Waals surface area contributed by atoms with Crippen molar-refractivity contribution in [2.24, 2.45) is 0 Å². The van der Waals surface area contributed by atoms with Crippen LogP contribution in [-0.2, 0) is 16.0 Å². The van der Waals surface area contributed by atoms with Gasteiger partial charge in [0, 0.05) is 24.1 Å². The minimum atomic E-state index is -0.00733. The topological polar surface area (TPSA) is 60.5 Å². The Morgan fingerprint density at radius 3 is 2.96 bits per heavy atom. The highest BCUT2D eigenvalue weighted by molar-refractivity contribution is 7.13. The highest BCUT2D eigenvalue weighted by atomic mass is 32.1.